The third-order valence-electron chi connectivity index (χ3n) is 6.41. The molecule has 0 aromatic heterocycles. The number of hydrogen-bond donors (Lipinski definition) is 1. The van der Waals surface area contributed by atoms with E-state index in [2.05, 4.69) is 15.1 Å². The lowest BCUT2D eigenvalue weighted by atomic mass is 9.69. The number of likely N-dealkylation sites (tertiary alicyclic amines) is 1. The predicted octanol–water partition coefficient (Wildman–Crippen LogP) is 2.45. The van der Waals surface area contributed by atoms with Crippen LogP contribution >= 0.6 is 11.6 Å². The summed E-state index contributed by atoms with van der Waals surface area (Å²) in [6.07, 6.45) is 6.90. The normalized spacial score (nSPS) is 31.2. The highest BCUT2D eigenvalue weighted by molar-refractivity contribution is 6.18. The molecule has 0 saturated carbocycles. The maximum Gasteiger partial charge on any atom is 0.317 e. The van der Waals surface area contributed by atoms with Crippen LogP contribution < -0.4 is 5.32 Å². The molecule has 0 aliphatic carbocycles. The van der Waals surface area contributed by atoms with E-state index >= 15 is 0 Å². The van der Waals surface area contributed by atoms with E-state index in [0.717, 1.165) is 19.4 Å². The number of urea groups is 1. The first kappa shape index (κ1) is 19.7. The molecule has 0 spiro atoms. The minimum Gasteiger partial charge on any atom is -0.469 e. The summed E-state index contributed by atoms with van der Waals surface area (Å²) in [6.45, 7) is 3.72. The molecular weight excluding hydrogens is 354 g/mol. The largest absolute Gasteiger partial charge is 0.469 e. The number of carbonyl (C=O) groups is 2. The van der Waals surface area contributed by atoms with Gasteiger partial charge in [0.05, 0.1) is 7.11 Å². The summed E-state index contributed by atoms with van der Waals surface area (Å²) in [4.78, 5) is 29.1. The Balaban J connectivity index is 1.74. The number of methoxy groups -OCH3 is 1. The summed E-state index contributed by atoms with van der Waals surface area (Å²) in [5.74, 6) is 1.35. The lowest BCUT2D eigenvalue weighted by molar-refractivity contribution is -0.140. The van der Waals surface area contributed by atoms with Gasteiger partial charge in [-0.3, -0.25) is 9.69 Å². The number of ether oxygens (including phenoxy) is 1. The van der Waals surface area contributed by atoms with Crippen molar-refractivity contribution in [1.29, 1.82) is 0 Å². The lowest BCUT2D eigenvalue weighted by Crippen LogP contribution is -2.66. The molecule has 0 radical (unpaired) electrons. The van der Waals surface area contributed by atoms with Crippen molar-refractivity contribution in [1.82, 2.24) is 15.1 Å². The molecule has 3 aliphatic heterocycles. The zero-order valence-corrected chi connectivity index (χ0v) is 16.5. The molecule has 3 heterocycles. The number of amides is 2. The van der Waals surface area contributed by atoms with Crippen molar-refractivity contribution in [2.24, 2.45) is 11.8 Å². The number of halogens is 1. The van der Waals surface area contributed by atoms with Gasteiger partial charge in [0.2, 0.25) is 0 Å². The fourth-order valence-electron chi connectivity index (χ4n) is 5.41. The van der Waals surface area contributed by atoms with Crippen LogP contribution in [0, 0.1) is 11.8 Å². The highest BCUT2D eigenvalue weighted by atomic mass is 35.5. The van der Waals surface area contributed by atoms with E-state index in [1.54, 1.807) is 0 Å². The molecule has 7 heteroatoms. The standard InChI is InChI=1S/C19H32ClN3O3/c1-26-17(24)8-2-7-16-15-6-4-12-22-11-3-5-14(18(15)22)13-23(16)19(25)21-10-9-20/h14-16,18H,2-13H2,1H3,(H,21,25)/t14-,15-,16-,18+/m1/s1. The van der Waals surface area contributed by atoms with Gasteiger partial charge in [-0.15, -0.1) is 11.6 Å². The van der Waals surface area contributed by atoms with E-state index in [1.807, 2.05) is 0 Å². The average molecular weight is 386 g/mol. The number of carbonyl (C=O) groups excluding carboxylic acids is 2. The Bertz CT molecular complexity index is 502. The van der Waals surface area contributed by atoms with Crippen LogP contribution in [0.25, 0.3) is 0 Å². The molecule has 4 atom stereocenters. The van der Waals surface area contributed by atoms with Crippen molar-refractivity contribution >= 4 is 23.6 Å². The molecule has 3 saturated heterocycles. The van der Waals surface area contributed by atoms with Gasteiger partial charge in [-0.25, -0.2) is 4.79 Å². The highest BCUT2D eigenvalue weighted by Gasteiger charge is 2.49. The second kappa shape index (κ2) is 9.27. The minimum atomic E-state index is -0.167. The molecule has 3 aliphatic rings. The number of nitrogens with one attached hydrogen (secondary N) is 1. The molecule has 1 N–H and O–H groups in total. The van der Waals surface area contributed by atoms with Gasteiger partial charge in [0, 0.05) is 37.5 Å². The third kappa shape index (κ3) is 4.28. The van der Waals surface area contributed by atoms with Gasteiger partial charge >= 0.3 is 12.0 Å². The fraction of sp³-hybridized carbons (Fsp3) is 0.895. The number of piperidine rings is 3. The van der Waals surface area contributed by atoms with Crippen molar-refractivity contribution in [3.8, 4) is 0 Å². The van der Waals surface area contributed by atoms with E-state index in [-0.39, 0.29) is 18.0 Å². The van der Waals surface area contributed by atoms with Gasteiger partial charge in [-0.05, 0) is 63.5 Å². The summed E-state index contributed by atoms with van der Waals surface area (Å²) in [7, 11) is 1.43. The molecule has 0 aromatic carbocycles. The zero-order valence-electron chi connectivity index (χ0n) is 15.8. The maximum absolute atomic E-state index is 12.8. The second-order valence-corrected chi connectivity index (χ2v) is 8.22. The summed E-state index contributed by atoms with van der Waals surface area (Å²) in [6, 6.07) is 0.824. The number of nitrogens with zero attached hydrogens (tertiary/aromatic N) is 2. The lowest BCUT2D eigenvalue weighted by Gasteiger charge is -2.57. The molecule has 6 nitrogen and oxygen atoms in total. The first-order valence-corrected chi connectivity index (χ1v) is 10.6. The smallest absolute Gasteiger partial charge is 0.317 e. The van der Waals surface area contributed by atoms with Crippen LogP contribution in [0.4, 0.5) is 4.79 Å². The molecule has 148 valence electrons. The number of esters is 1. The Kier molecular flexibility index (Phi) is 7.04. The van der Waals surface area contributed by atoms with Crippen molar-refractivity contribution < 1.29 is 14.3 Å². The Morgan fingerprint density at radius 1 is 1.23 bits per heavy atom. The van der Waals surface area contributed by atoms with Crippen molar-refractivity contribution in [3.63, 3.8) is 0 Å². The Morgan fingerprint density at radius 2 is 2.00 bits per heavy atom. The van der Waals surface area contributed by atoms with Crippen LogP contribution in [0.1, 0.15) is 44.9 Å². The van der Waals surface area contributed by atoms with Crippen molar-refractivity contribution in [3.05, 3.63) is 0 Å². The highest BCUT2D eigenvalue weighted by Crippen LogP contribution is 2.43. The Morgan fingerprint density at radius 3 is 2.73 bits per heavy atom. The summed E-state index contributed by atoms with van der Waals surface area (Å²) < 4.78 is 4.78. The van der Waals surface area contributed by atoms with Crippen molar-refractivity contribution in [2.75, 3.05) is 39.2 Å². The third-order valence-corrected chi connectivity index (χ3v) is 6.60. The number of rotatable bonds is 6. The number of alkyl halides is 1. The van der Waals surface area contributed by atoms with E-state index in [0.29, 0.717) is 36.7 Å². The van der Waals surface area contributed by atoms with Crippen LogP contribution in [0.5, 0.6) is 0 Å². The average Bonchev–Trinajstić information content (AvgIpc) is 2.67. The van der Waals surface area contributed by atoms with E-state index in [9.17, 15) is 9.59 Å². The molecule has 0 aromatic rings. The predicted molar refractivity (Wildman–Crippen MR) is 101 cm³/mol. The fourth-order valence-corrected chi connectivity index (χ4v) is 5.51. The summed E-state index contributed by atoms with van der Waals surface area (Å²) >= 11 is 5.76. The monoisotopic (exact) mass is 385 g/mol. The van der Waals surface area contributed by atoms with Crippen LogP contribution in [0.15, 0.2) is 0 Å². The van der Waals surface area contributed by atoms with Crippen LogP contribution in [-0.4, -0.2) is 73.1 Å². The van der Waals surface area contributed by atoms with Crippen LogP contribution in [-0.2, 0) is 9.53 Å². The molecule has 2 amide bonds. The van der Waals surface area contributed by atoms with E-state index < -0.39 is 0 Å². The Hall–Kier alpha value is -1.01. The molecular formula is C19H32ClN3O3. The van der Waals surface area contributed by atoms with Crippen molar-refractivity contribution in [2.45, 2.75) is 57.0 Å². The van der Waals surface area contributed by atoms with Gasteiger partial charge in [0.25, 0.3) is 0 Å². The molecule has 3 fully saturated rings. The van der Waals surface area contributed by atoms with Gasteiger partial charge < -0.3 is 15.0 Å². The van der Waals surface area contributed by atoms with Crippen LogP contribution in [0.3, 0.4) is 0 Å². The first-order valence-electron chi connectivity index (χ1n) is 10.1. The maximum atomic E-state index is 12.8. The second-order valence-electron chi connectivity index (χ2n) is 7.84. The van der Waals surface area contributed by atoms with Gasteiger partial charge in [-0.2, -0.15) is 0 Å². The SMILES string of the molecule is COC(=O)CCC[C@@H]1[C@H]2CCCN3CCC[C@H](CN1C(=O)NCCCl)[C@@H]23. The summed E-state index contributed by atoms with van der Waals surface area (Å²) in [5, 5.41) is 2.96. The minimum absolute atomic E-state index is 0.00913. The molecule has 0 bridgehead atoms. The van der Waals surface area contributed by atoms with Gasteiger partial charge in [0.15, 0.2) is 0 Å². The van der Waals surface area contributed by atoms with E-state index in [4.69, 9.17) is 16.3 Å². The van der Waals surface area contributed by atoms with Gasteiger partial charge in [-0.1, -0.05) is 0 Å². The van der Waals surface area contributed by atoms with E-state index in [1.165, 1.54) is 45.9 Å². The first-order chi connectivity index (χ1) is 12.7. The molecule has 3 rings (SSSR count). The quantitative estimate of drug-likeness (QED) is 0.563. The Labute approximate surface area is 161 Å². The number of hydrogen-bond acceptors (Lipinski definition) is 4. The summed E-state index contributed by atoms with van der Waals surface area (Å²) in [5.41, 5.74) is 0. The molecule has 26 heavy (non-hydrogen) atoms. The van der Waals surface area contributed by atoms with Gasteiger partial charge in [0.1, 0.15) is 0 Å². The topological polar surface area (TPSA) is 61.9 Å². The molecule has 0 unspecified atom stereocenters. The zero-order chi connectivity index (χ0) is 18.5. The van der Waals surface area contributed by atoms with Crippen LogP contribution in [0.2, 0.25) is 0 Å².